The number of quaternary nitrogens is 1. The van der Waals surface area contributed by atoms with Crippen molar-refractivity contribution in [2.45, 2.75) is 5.16 Å². The summed E-state index contributed by atoms with van der Waals surface area (Å²) in [4.78, 5) is 9.83. The van der Waals surface area contributed by atoms with E-state index in [9.17, 15) is 0 Å². The third kappa shape index (κ3) is 4.03. The van der Waals surface area contributed by atoms with Crippen LogP contribution in [0.1, 0.15) is 0 Å². The van der Waals surface area contributed by atoms with Crippen LogP contribution in [0.2, 0.25) is 0 Å². The Morgan fingerprint density at radius 1 is 1.24 bits per heavy atom. The molecule has 2 heterocycles. The van der Waals surface area contributed by atoms with Crippen molar-refractivity contribution >= 4 is 23.4 Å². The van der Waals surface area contributed by atoms with E-state index in [1.807, 2.05) is 0 Å². The molecular weight excluding hydrogens is 238 g/mol. The minimum atomic E-state index is 0.429. The molecule has 6 nitrogen and oxygen atoms in total. The Morgan fingerprint density at radius 3 is 2.53 bits per heavy atom. The second-order valence-corrected chi connectivity index (χ2v) is 5.02. The predicted octanol–water partition coefficient (Wildman–Crippen LogP) is -1.35. The number of nitrogens with two attached hydrogens (primary N) is 2. The summed E-state index contributed by atoms with van der Waals surface area (Å²) in [7, 11) is 0. The van der Waals surface area contributed by atoms with E-state index in [1.54, 1.807) is 22.7 Å². The maximum Gasteiger partial charge on any atom is 0.191 e. The van der Waals surface area contributed by atoms with E-state index in [0.717, 1.165) is 38.6 Å². The van der Waals surface area contributed by atoms with Crippen LogP contribution in [0.15, 0.2) is 11.2 Å². The number of rotatable bonds is 4. The lowest BCUT2D eigenvalue weighted by Gasteiger charge is -2.23. The van der Waals surface area contributed by atoms with Crippen LogP contribution in [-0.2, 0) is 4.74 Å². The van der Waals surface area contributed by atoms with Gasteiger partial charge in [-0.25, -0.2) is 9.97 Å². The summed E-state index contributed by atoms with van der Waals surface area (Å²) in [5.74, 6) is 1.83. The number of nitrogens with zero attached hydrogens (tertiary/aromatic N) is 2. The average molecular weight is 256 g/mol. The molecule has 0 unspecified atom stereocenters. The van der Waals surface area contributed by atoms with Gasteiger partial charge in [0.05, 0.1) is 25.5 Å². The first-order valence-corrected chi connectivity index (χ1v) is 6.67. The molecule has 0 radical (unpaired) electrons. The summed E-state index contributed by atoms with van der Waals surface area (Å²) >= 11 is 1.60. The lowest BCUT2D eigenvalue weighted by molar-refractivity contribution is -0.905. The molecule has 94 valence electrons. The highest BCUT2D eigenvalue weighted by molar-refractivity contribution is 7.99. The second kappa shape index (κ2) is 6.04. The summed E-state index contributed by atoms with van der Waals surface area (Å²) in [6, 6.07) is 1.57. The lowest BCUT2D eigenvalue weighted by atomic mass is 10.4. The molecule has 0 amide bonds. The van der Waals surface area contributed by atoms with Crippen molar-refractivity contribution in [2.75, 3.05) is 50.1 Å². The highest BCUT2D eigenvalue weighted by Gasteiger charge is 2.13. The van der Waals surface area contributed by atoms with E-state index in [1.165, 1.54) is 0 Å². The Balaban J connectivity index is 1.77. The number of ether oxygens (including phenoxy) is 1. The van der Waals surface area contributed by atoms with Gasteiger partial charge in [0.15, 0.2) is 5.16 Å². The van der Waals surface area contributed by atoms with Crippen LogP contribution in [-0.4, -0.2) is 48.6 Å². The maximum absolute atomic E-state index is 5.61. The molecule has 0 spiro atoms. The van der Waals surface area contributed by atoms with Gasteiger partial charge >= 0.3 is 0 Å². The predicted molar refractivity (Wildman–Crippen MR) is 68.0 cm³/mol. The summed E-state index contributed by atoms with van der Waals surface area (Å²) in [5, 5.41) is 0.662. The third-order valence-corrected chi connectivity index (χ3v) is 3.48. The van der Waals surface area contributed by atoms with Gasteiger partial charge in [-0.3, -0.25) is 0 Å². The smallest absolute Gasteiger partial charge is 0.191 e. The van der Waals surface area contributed by atoms with E-state index in [-0.39, 0.29) is 0 Å². The fourth-order valence-electron chi connectivity index (χ4n) is 1.72. The van der Waals surface area contributed by atoms with E-state index in [4.69, 9.17) is 16.2 Å². The molecule has 7 heteroatoms. The van der Waals surface area contributed by atoms with E-state index < -0.39 is 0 Å². The van der Waals surface area contributed by atoms with Crippen LogP contribution in [0.3, 0.4) is 0 Å². The first-order chi connectivity index (χ1) is 8.24. The summed E-state index contributed by atoms with van der Waals surface area (Å²) in [5.41, 5.74) is 11.2. The first-order valence-electron chi connectivity index (χ1n) is 5.68. The second-order valence-electron chi connectivity index (χ2n) is 3.96. The topological polar surface area (TPSA) is 91.5 Å². The van der Waals surface area contributed by atoms with Crippen LogP contribution < -0.4 is 16.4 Å². The number of hydrogen-bond acceptors (Lipinski definition) is 6. The lowest BCUT2D eigenvalue weighted by Crippen LogP contribution is -3.14. The molecule has 0 atom stereocenters. The molecular formula is C10H18N5OS+. The fraction of sp³-hybridized carbons (Fsp3) is 0.600. The molecule has 0 bridgehead atoms. The maximum atomic E-state index is 5.61. The van der Waals surface area contributed by atoms with Crippen LogP contribution >= 0.6 is 11.8 Å². The van der Waals surface area contributed by atoms with E-state index in [0.29, 0.717) is 16.8 Å². The Labute approximate surface area is 105 Å². The minimum Gasteiger partial charge on any atom is -0.383 e. The Hall–Kier alpha value is -1.05. The SMILES string of the molecule is Nc1cc(N)nc(SCC[NH+]2CCOCC2)n1. The van der Waals surface area contributed by atoms with Crippen molar-refractivity contribution in [1.82, 2.24) is 9.97 Å². The molecule has 17 heavy (non-hydrogen) atoms. The van der Waals surface area contributed by atoms with Gasteiger partial charge in [0.25, 0.3) is 0 Å². The van der Waals surface area contributed by atoms with Gasteiger partial charge in [0, 0.05) is 6.07 Å². The van der Waals surface area contributed by atoms with Crippen molar-refractivity contribution in [1.29, 1.82) is 0 Å². The van der Waals surface area contributed by atoms with Gasteiger partial charge in [-0.05, 0) is 0 Å². The first kappa shape index (κ1) is 12.4. The summed E-state index contributed by atoms with van der Waals surface area (Å²) in [6.07, 6.45) is 0. The Morgan fingerprint density at radius 2 is 1.88 bits per heavy atom. The van der Waals surface area contributed by atoms with Crippen molar-refractivity contribution < 1.29 is 9.64 Å². The molecule has 1 aliphatic heterocycles. The largest absolute Gasteiger partial charge is 0.383 e. The molecule has 0 saturated carbocycles. The zero-order chi connectivity index (χ0) is 12.1. The Bertz CT molecular complexity index is 349. The zero-order valence-electron chi connectivity index (χ0n) is 9.69. The molecule has 0 aliphatic carbocycles. The molecule has 1 aromatic rings. The van der Waals surface area contributed by atoms with Crippen molar-refractivity contribution in [3.8, 4) is 0 Å². The number of anilines is 2. The normalized spacial score (nSPS) is 17.2. The number of aromatic nitrogens is 2. The zero-order valence-corrected chi connectivity index (χ0v) is 10.5. The van der Waals surface area contributed by atoms with Gasteiger partial charge in [0.1, 0.15) is 24.7 Å². The molecule has 5 N–H and O–H groups in total. The highest BCUT2D eigenvalue weighted by Crippen LogP contribution is 2.15. The molecule has 2 rings (SSSR count). The molecule has 1 aromatic heterocycles. The fourth-order valence-corrected chi connectivity index (χ4v) is 2.64. The monoisotopic (exact) mass is 256 g/mol. The van der Waals surface area contributed by atoms with E-state index in [2.05, 4.69) is 9.97 Å². The Kier molecular flexibility index (Phi) is 4.41. The summed E-state index contributed by atoms with van der Waals surface area (Å²) < 4.78 is 5.31. The van der Waals surface area contributed by atoms with Gasteiger partial charge in [-0.15, -0.1) is 0 Å². The summed E-state index contributed by atoms with van der Waals surface area (Å²) in [6.45, 7) is 4.98. The number of thioether (sulfide) groups is 1. The molecule has 1 aliphatic rings. The number of hydrogen-bond donors (Lipinski definition) is 3. The number of morpholine rings is 1. The van der Waals surface area contributed by atoms with Crippen molar-refractivity contribution in [2.24, 2.45) is 0 Å². The minimum absolute atomic E-state index is 0.429. The van der Waals surface area contributed by atoms with Crippen molar-refractivity contribution in [3.05, 3.63) is 6.07 Å². The molecule has 1 saturated heterocycles. The number of nitrogen functional groups attached to an aromatic ring is 2. The van der Waals surface area contributed by atoms with Crippen LogP contribution in [0, 0.1) is 0 Å². The quantitative estimate of drug-likeness (QED) is 0.456. The van der Waals surface area contributed by atoms with Gasteiger partial charge in [-0.1, -0.05) is 11.8 Å². The van der Waals surface area contributed by atoms with Crippen LogP contribution in [0.4, 0.5) is 11.6 Å². The van der Waals surface area contributed by atoms with Crippen LogP contribution in [0.25, 0.3) is 0 Å². The molecule has 0 aromatic carbocycles. The molecule has 1 fully saturated rings. The van der Waals surface area contributed by atoms with Gasteiger partial charge in [0.2, 0.25) is 0 Å². The average Bonchev–Trinajstić information content (AvgIpc) is 2.29. The van der Waals surface area contributed by atoms with Gasteiger partial charge in [-0.2, -0.15) is 0 Å². The third-order valence-electron chi connectivity index (χ3n) is 2.63. The van der Waals surface area contributed by atoms with Crippen LogP contribution in [0.5, 0.6) is 0 Å². The highest BCUT2D eigenvalue weighted by atomic mass is 32.2. The standard InChI is InChI=1S/C10H17N5OS/c11-8-7-9(12)14-10(13-8)17-6-3-15-1-4-16-5-2-15/h7H,1-6H2,(H4,11,12,13,14)/p+1. The van der Waals surface area contributed by atoms with E-state index >= 15 is 0 Å². The van der Waals surface area contributed by atoms with Crippen molar-refractivity contribution in [3.63, 3.8) is 0 Å². The number of nitrogens with one attached hydrogen (secondary N) is 1. The van der Waals surface area contributed by atoms with Gasteiger partial charge < -0.3 is 21.1 Å².